The number of rotatable bonds is 5. The second kappa shape index (κ2) is 10.0. The highest BCUT2D eigenvalue weighted by molar-refractivity contribution is 5.86. The van der Waals surface area contributed by atoms with Crippen molar-refractivity contribution in [2.45, 2.75) is 71.6 Å². The van der Waals surface area contributed by atoms with Crippen molar-refractivity contribution in [3.8, 4) is 11.3 Å². The van der Waals surface area contributed by atoms with E-state index < -0.39 is 0 Å². The zero-order valence-corrected chi connectivity index (χ0v) is 20.7. The summed E-state index contributed by atoms with van der Waals surface area (Å²) in [4.78, 5) is 13.6. The molecular weight excluding hydrogens is 416 g/mol. The molecule has 0 bridgehead atoms. The lowest BCUT2D eigenvalue weighted by Gasteiger charge is -2.28. The molecule has 0 spiro atoms. The molecule has 1 aliphatic carbocycles. The Morgan fingerprint density at radius 1 is 1.03 bits per heavy atom. The average molecular weight is 451 g/mol. The molecule has 2 aromatic carbocycles. The van der Waals surface area contributed by atoms with E-state index in [1.807, 2.05) is 18.2 Å². The quantitative estimate of drug-likeness (QED) is 0.398. The van der Waals surface area contributed by atoms with Gasteiger partial charge in [-0.15, -0.1) is 12.4 Å². The van der Waals surface area contributed by atoms with Crippen LogP contribution in [-0.2, 0) is 0 Å². The van der Waals surface area contributed by atoms with Crippen LogP contribution in [0.25, 0.3) is 11.3 Å². The molecule has 170 valence electrons. The Bertz CT molecular complexity index is 1050. The summed E-state index contributed by atoms with van der Waals surface area (Å²) in [6.07, 6.45) is 2.74. The van der Waals surface area contributed by atoms with Gasteiger partial charge in [0.15, 0.2) is 0 Å². The summed E-state index contributed by atoms with van der Waals surface area (Å²) in [6.45, 7) is 11.0. The normalized spacial score (nSPS) is 18.7. The van der Waals surface area contributed by atoms with E-state index in [9.17, 15) is 4.79 Å². The Balaban J connectivity index is 0.00000289. The van der Waals surface area contributed by atoms with Crippen molar-refractivity contribution in [3.63, 3.8) is 0 Å². The van der Waals surface area contributed by atoms with Gasteiger partial charge < -0.3 is 0 Å². The zero-order valence-electron chi connectivity index (χ0n) is 19.8. The number of aromatic nitrogens is 2. The predicted molar refractivity (Wildman–Crippen MR) is 135 cm³/mol. The standard InChI is InChI=1S/C28H34N2O.ClH/c1-18(2)24-16-13-20(4)26-27(24)29-30(28(26)23-9-7-6-8-10-23)25(31)17-21(5)22-14-11-19(3)12-15-22;/h6-12,14-15,18,20-21,24H,13,16-17H2,1-5H3;1H/t20-,21+,24+;/m1./s1. The van der Waals surface area contributed by atoms with E-state index in [1.165, 1.54) is 16.7 Å². The number of fused-ring (bicyclic) bond motifs is 1. The van der Waals surface area contributed by atoms with Crippen LogP contribution in [0.1, 0.15) is 91.9 Å². The van der Waals surface area contributed by atoms with Crippen LogP contribution in [0.2, 0.25) is 0 Å². The molecule has 4 heteroatoms. The van der Waals surface area contributed by atoms with Gasteiger partial charge in [-0.25, -0.2) is 0 Å². The molecule has 0 saturated carbocycles. The molecule has 0 aliphatic heterocycles. The van der Waals surface area contributed by atoms with Gasteiger partial charge in [-0.1, -0.05) is 87.9 Å². The van der Waals surface area contributed by atoms with E-state index in [0.29, 0.717) is 24.2 Å². The van der Waals surface area contributed by atoms with Gasteiger partial charge in [-0.05, 0) is 43.1 Å². The molecule has 3 nitrogen and oxygen atoms in total. The SMILES string of the molecule is Cc1ccc([C@@H](C)CC(=O)n2nc3c(c2-c2ccccc2)[C@H](C)CC[C@H]3C(C)C)cc1.Cl. The highest BCUT2D eigenvalue weighted by Crippen LogP contribution is 2.46. The molecule has 0 saturated heterocycles. The molecule has 1 heterocycles. The van der Waals surface area contributed by atoms with Gasteiger partial charge in [-0.2, -0.15) is 9.78 Å². The van der Waals surface area contributed by atoms with Gasteiger partial charge in [0.25, 0.3) is 0 Å². The lowest BCUT2D eigenvalue weighted by molar-refractivity contribution is 0.0880. The van der Waals surface area contributed by atoms with E-state index in [0.717, 1.165) is 29.8 Å². The Kier molecular flexibility index (Phi) is 7.61. The zero-order chi connectivity index (χ0) is 22.1. The van der Waals surface area contributed by atoms with Crippen molar-refractivity contribution < 1.29 is 4.79 Å². The summed E-state index contributed by atoms with van der Waals surface area (Å²) in [5, 5.41) is 5.01. The maximum absolute atomic E-state index is 13.6. The van der Waals surface area contributed by atoms with Gasteiger partial charge in [0.2, 0.25) is 5.91 Å². The predicted octanol–water partition coefficient (Wildman–Crippen LogP) is 7.75. The highest BCUT2D eigenvalue weighted by atomic mass is 35.5. The van der Waals surface area contributed by atoms with Crippen molar-refractivity contribution in [2.24, 2.45) is 5.92 Å². The van der Waals surface area contributed by atoms with E-state index in [4.69, 9.17) is 5.10 Å². The van der Waals surface area contributed by atoms with E-state index >= 15 is 0 Å². The number of hydrogen-bond acceptors (Lipinski definition) is 2. The maximum atomic E-state index is 13.6. The third kappa shape index (κ3) is 4.68. The summed E-state index contributed by atoms with van der Waals surface area (Å²) in [5.74, 6) is 1.57. The van der Waals surface area contributed by atoms with Crippen molar-refractivity contribution >= 4 is 18.3 Å². The minimum Gasteiger partial charge on any atom is -0.273 e. The van der Waals surface area contributed by atoms with Crippen LogP contribution >= 0.6 is 12.4 Å². The smallest absolute Gasteiger partial charge is 0.248 e. The number of halogens is 1. The third-order valence-electron chi connectivity index (χ3n) is 6.92. The first-order chi connectivity index (χ1) is 14.9. The first kappa shape index (κ1) is 24.3. The van der Waals surface area contributed by atoms with Crippen molar-refractivity contribution in [3.05, 3.63) is 77.0 Å². The fourth-order valence-corrected chi connectivity index (χ4v) is 4.98. The molecule has 0 radical (unpaired) electrons. The molecule has 4 rings (SSSR count). The molecular formula is C28H35ClN2O. The molecule has 0 unspecified atom stereocenters. The van der Waals surface area contributed by atoms with Crippen LogP contribution in [0.4, 0.5) is 0 Å². The average Bonchev–Trinajstić information content (AvgIpc) is 3.16. The maximum Gasteiger partial charge on any atom is 0.248 e. The third-order valence-corrected chi connectivity index (χ3v) is 6.92. The van der Waals surface area contributed by atoms with Gasteiger partial charge in [0.1, 0.15) is 0 Å². The molecule has 1 aliphatic rings. The Labute approximate surface area is 198 Å². The summed E-state index contributed by atoms with van der Waals surface area (Å²) in [5.41, 5.74) is 6.96. The number of benzene rings is 2. The topological polar surface area (TPSA) is 34.9 Å². The number of hydrogen-bond donors (Lipinski definition) is 0. The number of carbonyl (C=O) groups excluding carboxylic acids is 1. The summed E-state index contributed by atoms with van der Waals surface area (Å²) < 4.78 is 1.74. The second-order valence-electron chi connectivity index (χ2n) is 9.66. The molecule has 1 aromatic heterocycles. The molecule has 32 heavy (non-hydrogen) atoms. The Hall–Kier alpha value is -2.39. The van der Waals surface area contributed by atoms with E-state index in [1.54, 1.807) is 4.68 Å². The first-order valence-corrected chi connectivity index (χ1v) is 11.6. The molecule has 3 atom stereocenters. The minimum atomic E-state index is 0. The van der Waals surface area contributed by atoms with Gasteiger partial charge >= 0.3 is 0 Å². The van der Waals surface area contributed by atoms with Gasteiger partial charge in [0, 0.05) is 23.5 Å². The van der Waals surface area contributed by atoms with Crippen LogP contribution in [0, 0.1) is 12.8 Å². The summed E-state index contributed by atoms with van der Waals surface area (Å²) in [6, 6.07) is 18.8. The largest absolute Gasteiger partial charge is 0.273 e. The fraction of sp³-hybridized carbons (Fsp3) is 0.429. The number of nitrogens with zero attached hydrogens (tertiary/aromatic N) is 2. The number of aryl methyl sites for hydroxylation is 1. The van der Waals surface area contributed by atoms with E-state index in [2.05, 4.69) is 71.0 Å². The van der Waals surface area contributed by atoms with Gasteiger partial charge in [-0.3, -0.25) is 4.79 Å². The molecule has 3 aromatic rings. The van der Waals surface area contributed by atoms with Crippen molar-refractivity contribution in [1.82, 2.24) is 9.78 Å². The van der Waals surface area contributed by atoms with Crippen LogP contribution < -0.4 is 0 Å². The molecule has 0 N–H and O–H groups in total. The summed E-state index contributed by atoms with van der Waals surface area (Å²) in [7, 11) is 0. The van der Waals surface area contributed by atoms with Crippen LogP contribution in [0.15, 0.2) is 54.6 Å². The van der Waals surface area contributed by atoms with Crippen LogP contribution in [0.3, 0.4) is 0 Å². The highest BCUT2D eigenvalue weighted by Gasteiger charge is 2.35. The monoisotopic (exact) mass is 450 g/mol. The lowest BCUT2D eigenvalue weighted by atomic mass is 9.75. The Morgan fingerprint density at radius 2 is 1.69 bits per heavy atom. The minimum absolute atomic E-state index is 0. The van der Waals surface area contributed by atoms with Crippen LogP contribution in [-0.4, -0.2) is 15.7 Å². The molecule has 0 fully saturated rings. The second-order valence-corrected chi connectivity index (χ2v) is 9.66. The summed E-state index contributed by atoms with van der Waals surface area (Å²) >= 11 is 0. The Morgan fingerprint density at radius 3 is 2.31 bits per heavy atom. The fourth-order valence-electron chi connectivity index (χ4n) is 4.98. The van der Waals surface area contributed by atoms with Crippen molar-refractivity contribution in [1.29, 1.82) is 0 Å². The first-order valence-electron chi connectivity index (χ1n) is 11.6. The van der Waals surface area contributed by atoms with Crippen LogP contribution in [0.5, 0.6) is 0 Å². The van der Waals surface area contributed by atoms with Crippen molar-refractivity contribution in [2.75, 3.05) is 0 Å². The lowest BCUT2D eigenvalue weighted by Crippen LogP contribution is -2.17. The van der Waals surface area contributed by atoms with E-state index in [-0.39, 0.29) is 24.2 Å². The molecule has 0 amide bonds. The number of carbonyl (C=O) groups is 1. The van der Waals surface area contributed by atoms with Gasteiger partial charge in [0.05, 0.1) is 11.4 Å².